The van der Waals surface area contributed by atoms with E-state index in [0.717, 1.165) is 16.7 Å². The standard InChI is InChI=1S/C14H13BrN4/c1-10-3-2-4-11(7-10)8-16-14-17-13-6-5-12(15)9-19(13)18-14/h2-7,9H,8H2,1H3,(H,16,18). The van der Waals surface area contributed by atoms with Crippen molar-refractivity contribution >= 4 is 27.5 Å². The van der Waals surface area contributed by atoms with Crippen molar-refractivity contribution in [1.82, 2.24) is 14.6 Å². The summed E-state index contributed by atoms with van der Waals surface area (Å²) in [5, 5.41) is 7.61. The van der Waals surface area contributed by atoms with E-state index in [9.17, 15) is 0 Å². The number of halogens is 1. The molecule has 19 heavy (non-hydrogen) atoms. The Morgan fingerprint density at radius 3 is 3.00 bits per heavy atom. The van der Waals surface area contributed by atoms with Crippen LogP contribution in [0.15, 0.2) is 47.1 Å². The zero-order valence-corrected chi connectivity index (χ0v) is 12.1. The van der Waals surface area contributed by atoms with Gasteiger partial charge in [-0.05, 0) is 40.5 Å². The minimum Gasteiger partial charge on any atom is -0.349 e. The van der Waals surface area contributed by atoms with Gasteiger partial charge in [-0.2, -0.15) is 4.98 Å². The van der Waals surface area contributed by atoms with Crippen molar-refractivity contribution in [3.8, 4) is 0 Å². The Labute approximate surface area is 119 Å². The second-order valence-corrected chi connectivity index (χ2v) is 5.34. The highest BCUT2D eigenvalue weighted by atomic mass is 79.9. The van der Waals surface area contributed by atoms with Crippen molar-refractivity contribution in [2.75, 3.05) is 5.32 Å². The Morgan fingerprint density at radius 2 is 2.16 bits per heavy atom. The molecule has 2 aromatic heterocycles. The first kappa shape index (κ1) is 12.2. The fraction of sp³-hybridized carbons (Fsp3) is 0.143. The van der Waals surface area contributed by atoms with Crippen molar-refractivity contribution in [3.63, 3.8) is 0 Å². The van der Waals surface area contributed by atoms with Crippen LogP contribution in [0.25, 0.3) is 5.65 Å². The second-order valence-electron chi connectivity index (χ2n) is 4.43. The van der Waals surface area contributed by atoms with Crippen LogP contribution in [0.4, 0.5) is 5.95 Å². The van der Waals surface area contributed by atoms with Crippen LogP contribution in [0.2, 0.25) is 0 Å². The third-order valence-electron chi connectivity index (χ3n) is 2.83. The van der Waals surface area contributed by atoms with Gasteiger partial charge in [-0.3, -0.25) is 0 Å². The van der Waals surface area contributed by atoms with Crippen LogP contribution in [0, 0.1) is 6.92 Å². The lowest BCUT2D eigenvalue weighted by Crippen LogP contribution is -2.01. The molecule has 0 aliphatic rings. The van der Waals surface area contributed by atoms with Crippen LogP contribution in [0.1, 0.15) is 11.1 Å². The summed E-state index contributed by atoms with van der Waals surface area (Å²) in [6, 6.07) is 12.3. The Balaban J connectivity index is 1.78. The predicted octanol–water partition coefficient (Wildman–Crippen LogP) is 3.41. The topological polar surface area (TPSA) is 42.2 Å². The molecule has 0 atom stereocenters. The van der Waals surface area contributed by atoms with E-state index in [4.69, 9.17) is 0 Å². The number of hydrogen-bond donors (Lipinski definition) is 1. The molecule has 5 heteroatoms. The van der Waals surface area contributed by atoms with Crippen molar-refractivity contribution in [1.29, 1.82) is 0 Å². The number of nitrogens with zero attached hydrogens (tertiary/aromatic N) is 3. The molecule has 0 spiro atoms. The van der Waals surface area contributed by atoms with Crippen molar-refractivity contribution in [3.05, 3.63) is 58.2 Å². The fourth-order valence-corrected chi connectivity index (χ4v) is 2.26. The molecular weight excluding hydrogens is 304 g/mol. The smallest absolute Gasteiger partial charge is 0.243 e. The number of pyridine rings is 1. The van der Waals surface area contributed by atoms with Gasteiger partial charge in [-0.1, -0.05) is 29.8 Å². The Morgan fingerprint density at radius 1 is 1.26 bits per heavy atom. The highest BCUT2D eigenvalue weighted by molar-refractivity contribution is 9.10. The van der Waals surface area contributed by atoms with Gasteiger partial charge >= 0.3 is 0 Å². The summed E-state index contributed by atoms with van der Waals surface area (Å²) in [5.41, 5.74) is 3.31. The van der Waals surface area contributed by atoms with Gasteiger partial charge in [0.1, 0.15) is 0 Å². The van der Waals surface area contributed by atoms with Crippen LogP contribution in [0.3, 0.4) is 0 Å². The van der Waals surface area contributed by atoms with Crippen LogP contribution in [-0.4, -0.2) is 14.6 Å². The minimum atomic E-state index is 0.639. The fourth-order valence-electron chi connectivity index (χ4n) is 1.94. The van der Waals surface area contributed by atoms with Gasteiger partial charge in [0.2, 0.25) is 5.95 Å². The molecule has 1 N–H and O–H groups in total. The first-order chi connectivity index (χ1) is 9.20. The summed E-state index contributed by atoms with van der Waals surface area (Å²) >= 11 is 3.42. The molecule has 96 valence electrons. The lowest BCUT2D eigenvalue weighted by atomic mass is 10.1. The largest absolute Gasteiger partial charge is 0.349 e. The summed E-state index contributed by atoms with van der Waals surface area (Å²) in [4.78, 5) is 4.41. The molecule has 0 amide bonds. The van der Waals surface area contributed by atoms with E-state index < -0.39 is 0 Å². The zero-order valence-electron chi connectivity index (χ0n) is 10.5. The zero-order chi connectivity index (χ0) is 13.2. The van der Waals surface area contributed by atoms with Gasteiger partial charge in [0.15, 0.2) is 5.65 Å². The molecule has 0 radical (unpaired) electrons. The number of anilines is 1. The van der Waals surface area contributed by atoms with Gasteiger partial charge in [-0.25, -0.2) is 4.52 Å². The monoisotopic (exact) mass is 316 g/mol. The minimum absolute atomic E-state index is 0.639. The van der Waals surface area contributed by atoms with E-state index in [2.05, 4.69) is 62.5 Å². The molecule has 4 nitrogen and oxygen atoms in total. The highest BCUT2D eigenvalue weighted by Crippen LogP contribution is 2.13. The van der Waals surface area contributed by atoms with E-state index in [1.165, 1.54) is 11.1 Å². The molecule has 0 saturated heterocycles. The predicted molar refractivity (Wildman–Crippen MR) is 79.2 cm³/mol. The molecule has 0 bridgehead atoms. The van der Waals surface area contributed by atoms with Gasteiger partial charge in [0, 0.05) is 17.2 Å². The maximum Gasteiger partial charge on any atom is 0.243 e. The quantitative estimate of drug-likeness (QED) is 0.805. The van der Waals surface area contributed by atoms with Crippen molar-refractivity contribution in [2.45, 2.75) is 13.5 Å². The molecular formula is C14H13BrN4. The van der Waals surface area contributed by atoms with Crippen molar-refractivity contribution < 1.29 is 0 Å². The molecule has 0 saturated carbocycles. The first-order valence-electron chi connectivity index (χ1n) is 6.02. The number of aromatic nitrogens is 3. The molecule has 0 aliphatic heterocycles. The number of hydrogen-bond acceptors (Lipinski definition) is 3. The summed E-state index contributed by atoms with van der Waals surface area (Å²) in [6.45, 7) is 2.81. The number of rotatable bonds is 3. The van der Waals surface area contributed by atoms with Crippen LogP contribution in [-0.2, 0) is 6.54 Å². The molecule has 0 unspecified atom stereocenters. The Bertz CT molecular complexity index is 720. The Hall–Kier alpha value is -1.88. The Kier molecular flexibility index (Phi) is 3.21. The lowest BCUT2D eigenvalue weighted by Gasteiger charge is -2.02. The summed E-state index contributed by atoms with van der Waals surface area (Å²) in [5.74, 6) is 0.639. The van der Waals surface area contributed by atoms with Crippen LogP contribution < -0.4 is 5.32 Å². The van der Waals surface area contributed by atoms with Crippen molar-refractivity contribution in [2.24, 2.45) is 0 Å². The second kappa shape index (κ2) is 5.01. The molecule has 3 aromatic rings. The maximum atomic E-state index is 4.41. The SMILES string of the molecule is Cc1cccc(CNc2nc3ccc(Br)cn3n2)c1. The summed E-state index contributed by atoms with van der Waals surface area (Å²) in [6.07, 6.45) is 1.89. The highest BCUT2D eigenvalue weighted by Gasteiger charge is 2.03. The van der Waals surface area contributed by atoms with Crippen LogP contribution >= 0.6 is 15.9 Å². The third kappa shape index (κ3) is 2.76. The van der Waals surface area contributed by atoms with E-state index in [-0.39, 0.29) is 0 Å². The molecule has 2 heterocycles. The van der Waals surface area contributed by atoms with E-state index in [1.807, 2.05) is 18.3 Å². The van der Waals surface area contributed by atoms with Gasteiger partial charge in [-0.15, -0.1) is 5.10 Å². The summed E-state index contributed by atoms with van der Waals surface area (Å²) < 4.78 is 2.73. The first-order valence-corrected chi connectivity index (χ1v) is 6.81. The van der Waals surface area contributed by atoms with Gasteiger partial charge in [0.25, 0.3) is 0 Å². The number of nitrogens with one attached hydrogen (secondary N) is 1. The lowest BCUT2D eigenvalue weighted by molar-refractivity contribution is 0.946. The summed E-state index contributed by atoms with van der Waals surface area (Å²) in [7, 11) is 0. The average Bonchev–Trinajstić information content (AvgIpc) is 2.78. The molecule has 3 rings (SSSR count). The maximum absolute atomic E-state index is 4.41. The number of aryl methyl sites for hydroxylation is 1. The van der Waals surface area contributed by atoms with E-state index in [1.54, 1.807) is 4.52 Å². The van der Waals surface area contributed by atoms with E-state index >= 15 is 0 Å². The average molecular weight is 317 g/mol. The number of fused-ring (bicyclic) bond motifs is 1. The number of benzene rings is 1. The molecule has 0 aliphatic carbocycles. The van der Waals surface area contributed by atoms with Gasteiger partial charge < -0.3 is 5.32 Å². The van der Waals surface area contributed by atoms with Crippen LogP contribution in [0.5, 0.6) is 0 Å². The molecule has 0 fully saturated rings. The normalized spacial score (nSPS) is 10.8. The van der Waals surface area contributed by atoms with Gasteiger partial charge in [0.05, 0.1) is 0 Å². The van der Waals surface area contributed by atoms with E-state index in [0.29, 0.717) is 5.95 Å². The molecule has 1 aromatic carbocycles. The third-order valence-corrected chi connectivity index (χ3v) is 3.30.